The summed E-state index contributed by atoms with van der Waals surface area (Å²) in [5, 5.41) is 19.6. The SMILES string of the molecule is CCC(CCO)NS(=O)(=O)c1ccc([N+](=O)[O-])cc1OC. The number of benzene rings is 1. The van der Waals surface area contributed by atoms with E-state index in [9.17, 15) is 18.5 Å². The van der Waals surface area contributed by atoms with Gasteiger partial charge in [-0.05, 0) is 18.9 Å². The number of methoxy groups -OCH3 is 1. The maximum absolute atomic E-state index is 12.3. The van der Waals surface area contributed by atoms with E-state index >= 15 is 0 Å². The van der Waals surface area contributed by atoms with Gasteiger partial charge in [-0.3, -0.25) is 10.1 Å². The van der Waals surface area contributed by atoms with Crippen LogP contribution in [0.25, 0.3) is 0 Å². The topological polar surface area (TPSA) is 119 Å². The highest BCUT2D eigenvalue weighted by molar-refractivity contribution is 7.89. The summed E-state index contributed by atoms with van der Waals surface area (Å²) < 4.78 is 32.0. The van der Waals surface area contributed by atoms with Crippen molar-refractivity contribution in [2.24, 2.45) is 0 Å². The second kappa shape index (κ2) is 7.34. The lowest BCUT2D eigenvalue weighted by Crippen LogP contribution is -2.35. The fraction of sp³-hybridized carbons (Fsp3) is 0.500. The molecule has 0 bridgehead atoms. The number of aliphatic hydroxyl groups is 1. The summed E-state index contributed by atoms with van der Waals surface area (Å²) in [6.45, 7) is 1.65. The Labute approximate surface area is 122 Å². The highest BCUT2D eigenvalue weighted by Crippen LogP contribution is 2.28. The Morgan fingerprint density at radius 1 is 1.48 bits per heavy atom. The Hall–Kier alpha value is -1.71. The predicted molar refractivity (Wildman–Crippen MR) is 75.8 cm³/mol. The minimum atomic E-state index is -3.89. The first-order chi connectivity index (χ1) is 9.85. The number of hydrogen-bond acceptors (Lipinski definition) is 6. The van der Waals surface area contributed by atoms with Gasteiger partial charge in [-0.2, -0.15) is 0 Å². The van der Waals surface area contributed by atoms with Gasteiger partial charge in [0.15, 0.2) is 0 Å². The Balaban J connectivity index is 3.15. The molecule has 1 unspecified atom stereocenters. The standard InChI is InChI=1S/C12H18N2O6S/c1-3-9(6-7-15)13-21(18,19)12-5-4-10(14(16)17)8-11(12)20-2/h4-5,8-9,13,15H,3,6-7H2,1-2H3. The van der Waals surface area contributed by atoms with Gasteiger partial charge in [0.25, 0.3) is 5.69 Å². The zero-order chi connectivity index (χ0) is 16.0. The molecular weight excluding hydrogens is 300 g/mol. The van der Waals surface area contributed by atoms with Gasteiger partial charge >= 0.3 is 0 Å². The molecule has 0 spiro atoms. The van der Waals surface area contributed by atoms with Crippen LogP contribution in [-0.2, 0) is 10.0 Å². The number of nitrogens with one attached hydrogen (secondary N) is 1. The average molecular weight is 318 g/mol. The summed E-state index contributed by atoms with van der Waals surface area (Å²) in [7, 11) is -2.65. The highest BCUT2D eigenvalue weighted by atomic mass is 32.2. The number of non-ortho nitro benzene ring substituents is 1. The molecule has 8 nitrogen and oxygen atoms in total. The molecule has 21 heavy (non-hydrogen) atoms. The first-order valence-electron chi connectivity index (χ1n) is 6.31. The van der Waals surface area contributed by atoms with E-state index in [0.717, 1.165) is 18.2 Å². The number of nitro benzene ring substituents is 1. The summed E-state index contributed by atoms with van der Waals surface area (Å²) in [4.78, 5) is 9.89. The Morgan fingerprint density at radius 2 is 2.14 bits per heavy atom. The van der Waals surface area contributed by atoms with Crippen molar-refractivity contribution in [3.05, 3.63) is 28.3 Å². The van der Waals surface area contributed by atoms with Crippen LogP contribution >= 0.6 is 0 Å². The van der Waals surface area contributed by atoms with E-state index in [1.807, 2.05) is 0 Å². The van der Waals surface area contributed by atoms with Crippen molar-refractivity contribution >= 4 is 15.7 Å². The van der Waals surface area contributed by atoms with Crippen molar-refractivity contribution in [1.29, 1.82) is 0 Å². The van der Waals surface area contributed by atoms with Crippen molar-refractivity contribution in [3.63, 3.8) is 0 Å². The predicted octanol–water partition coefficient (Wildman–Crippen LogP) is 1.04. The minimum absolute atomic E-state index is 0.101. The normalized spacial score (nSPS) is 12.9. The monoisotopic (exact) mass is 318 g/mol. The number of aliphatic hydroxyl groups excluding tert-OH is 1. The van der Waals surface area contributed by atoms with Crippen LogP contribution in [0.3, 0.4) is 0 Å². The molecule has 1 aromatic carbocycles. The van der Waals surface area contributed by atoms with Crippen LogP contribution in [0.1, 0.15) is 19.8 Å². The van der Waals surface area contributed by atoms with Gasteiger partial charge in [-0.25, -0.2) is 13.1 Å². The molecule has 0 aliphatic carbocycles. The van der Waals surface area contributed by atoms with Crippen LogP contribution in [0, 0.1) is 10.1 Å². The van der Waals surface area contributed by atoms with Crippen LogP contribution in [0.2, 0.25) is 0 Å². The van der Waals surface area contributed by atoms with Crippen molar-refractivity contribution in [2.45, 2.75) is 30.7 Å². The molecule has 0 amide bonds. The molecule has 9 heteroatoms. The van der Waals surface area contributed by atoms with E-state index in [0.29, 0.717) is 6.42 Å². The van der Waals surface area contributed by atoms with E-state index in [1.165, 1.54) is 7.11 Å². The van der Waals surface area contributed by atoms with Gasteiger partial charge in [0.2, 0.25) is 10.0 Å². The molecule has 2 N–H and O–H groups in total. The lowest BCUT2D eigenvalue weighted by Gasteiger charge is -2.17. The molecule has 0 aliphatic heterocycles. The van der Waals surface area contributed by atoms with Crippen molar-refractivity contribution in [2.75, 3.05) is 13.7 Å². The zero-order valence-electron chi connectivity index (χ0n) is 11.8. The van der Waals surface area contributed by atoms with Crippen LogP contribution in [0.15, 0.2) is 23.1 Å². The number of hydrogen-bond donors (Lipinski definition) is 2. The fourth-order valence-corrected chi connectivity index (χ4v) is 3.28. The molecule has 0 aliphatic rings. The quantitative estimate of drug-likeness (QED) is 0.546. The number of rotatable bonds is 8. The van der Waals surface area contributed by atoms with E-state index in [-0.39, 0.29) is 29.4 Å². The third-order valence-corrected chi connectivity index (χ3v) is 4.50. The molecule has 1 atom stereocenters. The lowest BCUT2D eigenvalue weighted by atomic mass is 10.2. The van der Waals surface area contributed by atoms with Crippen LogP contribution in [0.4, 0.5) is 5.69 Å². The van der Waals surface area contributed by atoms with Gasteiger partial charge in [-0.15, -0.1) is 0 Å². The molecule has 0 fully saturated rings. The third kappa shape index (κ3) is 4.38. The van der Waals surface area contributed by atoms with Crippen LogP contribution < -0.4 is 9.46 Å². The van der Waals surface area contributed by atoms with Crippen molar-refractivity contribution in [1.82, 2.24) is 4.72 Å². The second-order valence-electron chi connectivity index (χ2n) is 4.33. The Morgan fingerprint density at radius 3 is 2.62 bits per heavy atom. The molecule has 0 radical (unpaired) electrons. The van der Waals surface area contributed by atoms with Crippen LogP contribution in [0.5, 0.6) is 5.75 Å². The van der Waals surface area contributed by atoms with Gasteiger partial charge in [0, 0.05) is 18.7 Å². The fourth-order valence-electron chi connectivity index (χ4n) is 1.78. The van der Waals surface area contributed by atoms with Gasteiger partial charge in [-0.1, -0.05) is 6.92 Å². The summed E-state index contributed by atoms with van der Waals surface area (Å²) in [6.07, 6.45) is 0.792. The molecule has 0 aromatic heterocycles. The van der Waals surface area contributed by atoms with Gasteiger partial charge in [0.05, 0.1) is 18.1 Å². The van der Waals surface area contributed by atoms with Gasteiger partial charge in [0.1, 0.15) is 10.6 Å². The molecule has 0 saturated carbocycles. The summed E-state index contributed by atoms with van der Waals surface area (Å²) in [5.41, 5.74) is -0.256. The molecule has 0 saturated heterocycles. The van der Waals surface area contributed by atoms with Gasteiger partial charge < -0.3 is 9.84 Å². The van der Waals surface area contributed by atoms with E-state index < -0.39 is 21.0 Å². The average Bonchev–Trinajstić information content (AvgIpc) is 2.45. The van der Waals surface area contributed by atoms with Crippen molar-refractivity contribution in [3.8, 4) is 5.75 Å². The van der Waals surface area contributed by atoms with E-state index in [4.69, 9.17) is 9.84 Å². The Kier molecular flexibility index (Phi) is 6.06. The van der Waals surface area contributed by atoms with E-state index in [2.05, 4.69) is 4.72 Å². The van der Waals surface area contributed by atoms with E-state index in [1.54, 1.807) is 6.92 Å². The highest BCUT2D eigenvalue weighted by Gasteiger charge is 2.24. The number of nitro groups is 1. The number of sulfonamides is 1. The first kappa shape index (κ1) is 17.3. The third-order valence-electron chi connectivity index (χ3n) is 2.94. The molecule has 1 aromatic rings. The number of ether oxygens (including phenoxy) is 1. The smallest absolute Gasteiger partial charge is 0.273 e. The molecule has 0 heterocycles. The van der Waals surface area contributed by atoms with Crippen molar-refractivity contribution < 1.29 is 23.2 Å². The zero-order valence-corrected chi connectivity index (χ0v) is 12.6. The number of nitrogens with zero attached hydrogens (tertiary/aromatic N) is 1. The maximum Gasteiger partial charge on any atom is 0.273 e. The second-order valence-corrected chi connectivity index (χ2v) is 6.01. The van der Waals surface area contributed by atoms with Crippen LogP contribution in [-0.4, -0.2) is 38.2 Å². The summed E-state index contributed by atoms with van der Waals surface area (Å²) in [6, 6.07) is 2.87. The molecule has 1 rings (SSSR count). The Bertz CT molecular complexity index is 602. The summed E-state index contributed by atoms with van der Waals surface area (Å²) in [5.74, 6) is -0.101. The first-order valence-corrected chi connectivity index (χ1v) is 7.79. The molecular formula is C12H18N2O6S. The minimum Gasteiger partial charge on any atom is -0.495 e. The lowest BCUT2D eigenvalue weighted by molar-refractivity contribution is -0.385. The molecule has 118 valence electrons. The largest absolute Gasteiger partial charge is 0.495 e. The summed E-state index contributed by atoms with van der Waals surface area (Å²) >= 11 is 0. The maximum atomic E-state index is 12.3.